The van der Waals surface area contributed by atoms with Gasteiger partial charge in [-0.3, -0.25) is 0 Å². The first-order valence-corrected chi connectivity index (χ1v) is 6.94. The van der Waals surface area contributed by atoms with E-state index in [9.17, 15) is 5.11 Å². The highest BCUT2D eigenvalue weighted by Gasteiger charge is 2.15. The van der Waals surface area contributed by atoms with Gasteiger partial charge in [-0.1, -0.05) is 65.7 Å². The van der Waals surface area contributed by atoms with E-state index in [0.717, 1.165) is 27.5 Å². The van der Waals surface area contributed by atoms with Crippen LogP contribution in [0.4, 0.5) is 0 Å². The molecule has 1 N–H and O–H groups in total. The molecule has 0 fully saturated rings. The highest BCUT2D eigenvalue weighted by atomic mass is 35.5. The minimum atomic E-state index is 0.265. The largest absolute Gasteiger partial charge is 0.507 e. The predicted molar refractivity (Wildman–Crippen MR) is 85.5 cm³/mol. The van der Waals surface area contributed by atoms with Gasteiger partial charge in [0, 0.05) is 16.5 Å². The Bertz CT molecular complexity index is 789. The monoisotopic (exact) mass is 282 g/mol. The van der Waals surface area contributed by atoms with Crippen LogP contribution in [0.5, 0.6) is 5.75 Å². The zero-order valence-electron chi connectivity index (χ0n) is 11.4. The van der Waals surface area contributed by atoms with Crippen LogP contribution in [0.1, 0.15) is 11.1 Å². The molecule has 0 atom stereocenters. The lowest BCUT2D eigenvalue weighted by Crippen LogP contribution is -1.88. The highest BCUT2D eigenvalue weighted by Crippen LogP contribution is 2.42. The maximum absolute atomic E-state index is 10.3. The van der Waals surface area contributed by atoms with Gasteiger partial charge < -0.3 is 5.11 Å². The summed E-state index contributed by atoms with van der Waals surface area (Å²) < 4.78 is 0. The summed E-state index contributed by atoms with van der Waals surface area (Å²) in [6, 6.07) is 16.1. The SMILES string of the molecule is Cc1ccc(-c2c(Cl)c(C)c(O)c3ccccc23)cc1. The Hall–Kier alpha value is -1.99. The number of hydrogen-bond acceptors (Lipinski definition) is 1. The van der Waals surface area contributed by atoms with Gasteiger partial charge in [-0.2, -0.15) is 0 Å². The fourth-order valence-electron chi connectivity index (χ4n) is 2.52. The Kier molecular flexibility index (Phi) is 3.15. The summed E-state index contributed by atoms with van der Waals surface area (Å²) in [7, 11) is 0. The molecule has 20 heavy (non-hydrogen) atoms. The molecule has 0 spiro atoms. The van der Waals surface area contributed by atoms with Crippen molar-refractivity contribution in [3.63, 3.8) is 0 Å². The van der Waals surface area contributed by atoms with E-state index in [0.29, 0.717) is 5.02 Å². The molecule has 0 bridgehead atoms. The summed E-state index contributed by atoms with van der Waals surface area (Å²) in [6.45, 7) is 3.91. The van der Waals surface area contributed by atoms with Crippen LogP contribution in [-0.4, -0.2) is 5.11 Å². The number of aryl methyl sites for hydroxylation is 1. The van der Waals surface area contributed by atoms with Gasteiger partial charge >= 0.3 is 0 Å². The molecule has 0 heterocycles. The van der Waals surface area contributed by atoms with Crippen molar-refractivity contribution < 1.29 is 5.11 Å². The van der Waals surface area contributed by atoms with Gasteiger partial charge in [-0.05, 0) is 24.8 Å². The van der Waals surface area contributed by atoms with Gasteiger partial charge in [-0.15, -0.1) is 0 Å². The highest BCUT2D eigenvalue weighted by molar-refractivity contribution is 6.36. The first-order chi connectivity index (χ1) is 9.59. The number of halogens is 1. The van der Waals surface area contributed by atoms with E-state index in [-0.39, 0.29) is 5.75 Å². The van der Waals surface area contributed by atoms with E-state index in [1.54, 1.807) is 0 Å². The summed E-state index contributed by atoms with van der Waals surface area (Å²) in [4.78, 5) is 0. The third kappa shape index (κ3) is 1.95. The van der Waals surface area contributed by atoms with Gasteiger partial charge in [0.05, 0.1) is 5.02 Å². The van der Waals surface area contributed by atoms with Crippen LogP contribution in [-0.2, 0) is 0 Å². The zero-order chi connectivity index (χ0) is 14.3. The molecule has 1 nitrogen and oxygen atoms in total. The van der Waals surface area contributed by atoms with Gasteiger partial charge in [-0.25, -0.2) is 0 Å². The number of benzene rings is 3. The molecule has 2 heteroatoms. The second kappa shape index (κ2) is 4.84. The summed E-state index contributed by atoms with van der Waals surface area (Å²) in [5.74, 6) is 0.265. The summed E-state index contributed by atoms with van der Waals surface area (Å²) >= 11 is 6.49. The van der Waals surface area contributed by atoms with Crippen molar-refractivity contribution >= 4 is 22.4 Å². The van der Waals surface area contributed by atoms with Crippen LogP contribution in [0, 0.1) is 13.8 Å². The second-order valence-electron chi connectivity index (χ2n) is 5.07. The minimum Gasteiger partial charge on any atom is -0.507 e. The Morgan fingerprint density at radius 1 is 0.850 bits per heavy atom. The standard InChI is InChI=1S/C18H15ClO/c1-11-7-9-13(10-8-11)16-14-5-3-4-6-15(14)18(20)12(2)17(16)19/h3-10,20H,1-2H3. The van der Waals surface area contributed by atoms with Crippen LogP contribution in [0.2, 0.25) is 5.02 Å². The van der Waals surface area contributed by atoms with E-state index in [2.05, 4.69) is 31.2 Å². The fourth-order valence-corrected chi connectivity index (χ4v) is 2.82. The molecule has 0 aliphatic carbocycles. The van der Waals surface area contributed by atoms with Crippen molar-refractivity contribution in [3.8, 4) is 16.9 Å². The number of aromatic hydroxyl groups is 1. The fraction of sp³-hybridized carbons (Fsp3) is 0.111. The zero-order valence-corrected chi connectivity index (χ0v) is 12.2. The number of phenols is 1. The predicted octanol–water partition coefficient (Wildman–Crippen LogP) is 5.48. The second-order valence-corrected chi connectivity index (χ2v) is 5.45. The number of phenolic OH excluding ortho intramolecular Hbond substituents is 1. The first kappa shape index (κ1) is 13.0. The molecule has 0 aliphatic rings. The van der Waals surface area contributed by atoms with Gasteiger partial charge in [0.2, 0.25) is 0 Å². The molecule has 0 saturated carbocycles. The Balaban J connectivity index is 2.43. The van der Waals surface area contributed by atoms with Crippen molar-refractivity contribution in [1.29, 1.82) is 0 Å². The Morgan fingerprint density at radius 2 is 1.45 bits per heavy atom. The molecular formula is C18H15ClO. The lowest BCUT2D eigenvalue weighted by atomic mass is 9.94. The van der Waals surface area contributed by atoms with Crippen LogP contribution >= 0.6 is 11.6 Å². The number of rotatable bonds is 1. The molecule has 3 rings (SSSR count). The average molecular weight is 283 g/mol. The van der Waals surface area contributed by atoms with Crippen molar-refractivity contribution in [2.75, 3.05) is 0 Å². The van der Waals surface area contributed by atoms with Crippen LogP contribution < -0.4 is 0 Å². The number of fused-ring (bicyclic) bond motifs is 1. The number of hydrogen-bond donors (Lipinski definition) is 1. The molecule has 3 aromatic rings. The van der Waals surface area contributed by atoms with Gasteiger partial charge in [0.15, 0.2) is 0 Å². The van der Waals surface area contributed by atoms with E-state index in [1.165, 1.54) is 5.56 Å². The molecule has 0 radical (unpaired) electrons. The lowest BCUT2D eigenvalue weighted by Gasteiger charge is -2.14. The molecule has 0 aliphatic heterocycles. The van der Waals surface area contributed by atoms with E-state index in [4.69, 9.17) is 11.6 Å². The van der Waals surface area contributed by atoms with Crippen molar-refractivity contribution in [2.45, 2.75) is 13.8 Å². The molecule has 0 aromatic heterocycles. The molecule has 0 unspecified atom stereocenters. The maximum atomic E-state index is 10.3. The Morgan fingerprint density at radius 3 is 2.10 bits per heavy atom. The normalized spacial score (nSPS) is 10.9. The van der Waals surface area contributed by atoms with E-state index < -0.39 is 0 Å². The topological polar surface area (TPSA) is 20.2 Å². The van der Waals surface area contributed by atoms with Crippen molar-refractivity contribution in [2.24, 2.45) is 0 Å². The Labute approximate surface area is 123 Å². The van der Waals surface area contributed by atoms with E-state index >= 15 is 0 Å². The van der Waals surface area contributed by atoms with Crippen molar-refractivity contribution in [1.82, 2.24) is 0 Å². The smallest absolute Gasteiger partial charge is 0.127 e. The van der Waals surface area contributed by atoms with Crippen LogP contribution in [0.25, 0.3) is 21.9 Å². The minimum absolute atomic E-state index is 0.265. The van der Waals surface area contributed by atoms with Crippen LogP contribution in [0.3, 0.4) is 0 Å². The van der Waals surface area contributed by atoms with E-state index in [1.807, 2.05) is 31.2 Å². The summed E-state index contributed by atoms with van der Waals surface area (Å²) in [6.07, 6.45) is 0. The quantitative estimate of drug-likeness (QED) is 0.626. The lowest BCUT2D eigenvalue weighted by molar-refractivity contribution is 0.477. The average Bonchev–Trinajstić information content (AvgIpc) is 2.47. The maximum Gasteiger partial charge on any atom is 0.127 e. The molecule has 3 aromatic carbocycles. The van der Waals surface area contributed by atoms with Gasteiger partial charge in [0.1, 0.15) is 5.75 Å². The third-order valence-corrected chi connectivity index (χ3v) is 4.17. The summed E-state index contributed by atoms with van der Waals surface area (Å²) in [5, 5.41) is 12.7. The van der Waals surface area contributed by atoms with Crippen LogP contribution in [0.15, 0.2) is 48.5 Å². The molecular weight excluding hydrogens is 268 g/mol. The first-order valence-electron chi connectivity index (χ1n) is 6.56. The molecule has 100 valence electrons. The molecule has 0 saturated heterocycles. The molecule has 0 amide bonds. The van der Waals surface area contributed by atoms with Crippen molar-refractivity contribution in [3.05, 3.63) is 64.7 Å². The third-order valence-electron chi connectivity index (χ3n) is 3.70. The summed E-state index contributed by atoms with van der Waals surface area (Å²) in [5.41, 5.74) is 3.99. The van der Waals surface area contributed by atoms with Gasteiger partial charge in [0.25, 0.3) is 0 Å².